The molecule has 24 heavy (non-hydrogen) atoms. The number of hydrogen-bond donors (Lipinski definition) is 1. The second-order valence-corrected chi connectivity index (χ2v) is 8.89. The summed E-state index contributed by atoms with van der Waals surface area (Å²) >= 11 is 6.36. The number of ether oxygens (including phenoxy) is 1. The molecule has 0 amide bonds. The number of nitrogens with one attached hydrogen (secondary N) is 1. The summed E-state index contributed by atoms with van der Waals surface area (Å²) in [5, 5.41) is 0.731. The first-order valence-electron chi connectivity index (χ1n) is 9.62. The summed E-state index contributed by atoms with van der Waals surface area (Å²) < 4.78 is 5.87. The van der Waals surface area contributed by atoms with Gasteiger partial charge in [0.1, 0.15) is 5.75 Å². The molecule has 1 aromatic rings. The highest BCUT2D eigenvalue weighted by Crippen LogP contribution is 2.31. The molecule has 1 N–H and O–H groups in total. The lowest BCUT2D eigenvalue weighted by molar-refractivity contribution is -0.906. The number of benzene rings is 1. The molecule has 1 heterocycles. The molecule has 1 saturated heterocycles. The minimum Gasteiger partial charge on any atom is -0.492 e. The van der Waals surface area contributed by atoms with E-state index in [2.05, 4.69) is 33.8 Å². The van der Waals surface area contributed by atoms with E-state index in [1.54, 1.807) is 4.90 Å². The second-order valence-electron chi connectivity index (χ2n) is 8.49. The van der Waals surface area contributed by atoms with Gasteiger partial charge in [0, 0.05) is 0 Å². The van der Waals surface area contributed by atoms with E-state index in [1.807, 2.05) is 12.1 Å². The standard InChI is InChI=1S/C21H34ClNO/c1-17-10-13-23(14-11-17)12-6-5-7-15-24-20-9-8-18(16-19(20)22)21(2,3)4/h8-9,16-17H,5-7,10-15H2,1-4H3/p+1. The highest BCUT2D eigenvalue weighted by atomic mass is 35.5. The van der Waals surface area contributed by atoms with Gasteiger partial charge in [0.25, 0.3) is 0 Å². The normalized spacial score (nSPS) is 21.7. The molecule has 1 aliphatic heterocycles. The Kier molecular flexibility index (Phi) is 7.43. The molecule has 0 spiro atoms. The molecular weight excluding hydrogens is 318 g/mol. The Hall–Kier alpha value is -0.730. The third-order valence-corrected chi connectivity index (χ3v) is 5.51. The van der Waals surface area contributed by atoms with Gasteiger partial charge in [-0.1, -0.05) is 45.4 Å². The minimum atomic E-state index is 0.122. The summed E-state index contributed by atoms with van der Waals surface area (Å²) in [4.78, 5) is 1.80. The predicted molar refractivity (Wildman–Crippen MR) is 103 cm³/mol. The Morgan fingerprint density at radius 2 is 1.83 bits per heavy atom. The first-order chi connectivity index (χ1) is 11.4. The fourth-order valence-corrected chi connectivity index (χ4v) is 3.58. The first-order valence-corrected chi connectivity index (χ1v) is 10.0. The Labute approximate surface area is 153 Å². The maximum Gasteiger partial charge on any atom is 0.137 e. The highest BCUT2D eigenvalue weighted by molar-refractivity contribution is 6.32. The maximum absolute atomic E-state index is 6.36. The van der Waals surface area contributed by atoms with Crippen LogP contribution in [0.5, 0.6) is 5.75 Å². The fraction of sp³-hybridized carbons (Fsp3) is 0.714. The zero-order chi connectivity index (χ0) is 17.6. The van der Waals surface area contributed by atoms with Gasteiger partial charge in [-0.2, -0.15) is 0 Å². The SMILES string of the molecule is CC1CC[NH+](CCCCCOc2ccc(C(C)(C)C)cc2Cl)CC1. The predicted octanol–water partition coefficient (Wildman–Crippen LogP) is 4.50. The third-order valence-electron chi connectivity index (χ3n) is 5.21. The van der Waals surface area contributed by atoms with Crippen LogP contribution in [0, 0.1) is 5.92 Å². The lowest BCUT2D eigenvalue weighted by Crippen LogP contribution is -3.13. The molecular formula is C21H35ClNO+. The number of quaternary nitrogens is 1. The van der Waals surface area contributed by atoms with Gasteiger partial charge in [-0.05, 0) is 61.1 Å². The highest BCUT2D eigenvalue weighted by Gasteiger charge is 2.18. The van der Waals surface area contributed by atoms with E-state index in [1.165, 1.54) is 50.9 Å². The molecule has 0 bridgehead atoms. The van der Waals surface area contributed by atoms with Crippen molar-refractivity contribution in [2.24, 2.45) is 5.92 Å². The van der Waals surface area contributed by atoms with Crippen molar-refractivity contribution in [1.82, 2.24) is 0 Å². The number of likely N-dealkylation sites (tertiary alicyclic amines) is 1. The molecule has 1 aromatic carbocycles. The summed E-state index contributed by atoms with van der Waals surface area (Å²) in [7, 11) is 0. The topological polar surface area (TPSA) is 13.7 Å². The summed E-state index contributed by atoms with van der Waals surface area (Å²) in [6.07, 6.45) is 6.48. The molecule has 0 radical (unpaired) electrons. The summed E-state index contributed by atoms with van der Waals surface area (Å²) in [5.41, 5.74) is 1.37. The van der Waals surface area contributed by atoms with Gasteiger partial charge in [0.05, 0.1) is 31.3 Å². The van der Waals surface area contributed by atoms with Gasteiger partial charge in [-0.3, -0.25) is 0 Å². The van der Waals surface area contributed by atoms with Crippen LogP contribution < -0.4 is 9.64 Å². The van der Waals surface area contributed by atoms with E-state index >= 15 is 0 Å². The Balaban J connectivity index is 1.62. The average Bonchev–Trinajstić information content (AvgIpc) is 2.52. The largest absolute Gasteiger partial charge is 0.492 e. The Bertz CT molecular complexity index is 501. The van der Waals surface area contributed by atoms with Crippen LogP contribution in [-0.4, -0.2) is 26.2 Å². The summed E-state index contributed by atoms with van der Waals surface area (Å²) in [6, 6.07) is 6.18. The molecule has 2 nitrogen and oxygen atoms in total. The van der Waals surface area contributed by atoms with Crippen molar-refractivity contribution >= 4 is 11.6 Å². The van der Waals surface area contributed by atoms with Crippen LogP contribution in [0.2, 0.25) is 5.02 Å². The molecule has 1 fully saturated rings. The van der Waals surface area contributed by atoms with E-state index in [4.69, 9.17) is 16.3 Å². The molecule has 0 aliphatic carbocycles. The lowest BCUT2D eigenvalue weighted by atomic mass is 9.87. The van der Waals surface area contributed by atoms with Crippen LogP contribution in [0.15, 0.2) is 18.2 Å². The molecule has 2 rings (SSSR count). The zero-order valence-electron chi connectivity index (χ0n) is 16.0. The number of piperidine rings is 1. The maximum atomic E-state index is 6.36. The van der Waals surface area contributed by atoms with Crippen LogP contribution in [0.25, 0.3) is 0 Å². The fourth-order valence-electron chi connectivity index (χ4n) is 3.34. The third kappa shape index (κ3) is 6.29. The van der Waals surface area contributed by atoms with Gasteiger partial charge < -0.3 is 9.64 Å². The van der Waals surface area contributed by atoms with E-state index in [9.17, 15) is 0 Å². The van der Waals surface area contributed by atoms with E-state index in [0.717, 1.165) is 29.7 Å². The smallest absolute Gasteiger partial charge is 0.137 e. The van der Waals surface area contributed by atoms with Crippen molar-refractivity contribution < 1.29 is 9.64 Å². The van der Waals surface area contributed by atoms with Crippen molar-refractivity contribution in [2.75, 3.05) is 26.2 Å². The van der Waals surface area contributed by atoms with Gasteiger partial charge in [0.15, 0.2) is 0 Å². The summed E-state index contributed by atoms with van der Waals surface area (Å²) in [5.74, 6) is 1.76. The summed E-state index contributed by atoms with van der Waals surface area (Å²) in [6.45, 7) is 13.8. The van der Waals surface area contributed by atoms with Gasteiger partial charge in [0.2, 0.25) is 0 Å². The van der Waals surface area contributed by atoms with Crippen molar-refractivity contribution in [2.45, 2.75) is 65.2 Å². The van der Waals surface area contributed by atoms with Crippen molar-refractivity contribution in [3.63, 3.8) is 0 Å². The molecule has 0 aromatic heterocycles. The van der Waals surface area contributed by atoms with Crippen LogP contribution in [0.3, 0.4) is 0 Å². The van der Waals surface area contributed by atoms with E-state index in [-0.39, 0.29) is 5.41 Å². The van der Waals surface area contributed by atoms with Crippen LogP contribution in [0.1, 0.15) is 65.4 Å². The molecule has 136 valence electrons. The lowest BCUT2D eigenvalue weighted by Gasteiger charge is -2.27. The monoisotopic (exact) mass is 352 g/mol. The van der Waals surface area contributed by atoms with Crippen LogP contribution >= 0.6 is 11.6 Å². The van der Waals surface area contributed by atoms with E-state index < -0.39 is 0 Å². The van der Waals surface area contributed by atoms with Crippen LogP contribution in [-0.2, 0) is 5.41 Å². The molecule has 0 saturated carbocycles. The van der Waals surface area contributed by atoms with Crippen molar-refractivity contribution in [3.8, 4) is 5.75 Å². The van der Waals surface area contributed by atoms with Gasteiger partial charge in [-0.15, -0.1) is 0 Å². The first kappa shape index (κ1) is 19.6. The van der Waals surface area contributed by atoms with Crippen LogP contribution in [0.4, 0.5) is 0 Å². The molecule has 3 heteroatoms. The van der Waals surface area contributed by atoms with Gasteiger partial charge >= 0.3 is 0 Å². The number of unbranched alkanes of at least 4 members (excludes halogenated alkanes) is 2. The number of halogens is 1. The number of rotatable bonds is 7. The van der Waals surface area contributed by atoms with Crippen molar-refractivity contribution in [1.29, 1.82) is 0 Å². The Morgan fingerprint density at radius 1 is 1.12 bits per heavy atom. The molecule has 0 atom stereocenters. The average molecular weight is 353 g/mol. The molecule has 0 unspecified atom stereocenters. The van der Waals surface area contributed by atoms with Gasteiger partial charge in [-0.25, -0.2) is 0 Å². The zero-order valence-corrected chi connectivity index (χ0v) is 16.7. The molecule has 1 aliphatic rings. The quantitative estimate of drug-likeness (QED) is 0.713. The minimum absolute atomic E-state index is 0.122. The number of hydrogen-bond acceptors (Lipinski definition) is 1. The van der Waals surface area contributed by atoms with E-state index in [0.29, 0.717) is 0 Å². The second kappa shape index (κ2) is 9.10. The van der Waals surface area contributed by atoms with Crippen molar-refractivity contribution in [3.05, 3.63) is 28.8 Å². The Morgan fingerprint density at radius 3 is 2.46 bits per heavy atom.